The predicted octanol–water partition coefficient (Wildman–Crippen LogP) is 3.15. The molecular formula is C27H37N3O5. The summed E-state index contributed by atoms with van der Waals surface area (Å²) in [6, 6.07) is 9.77. The van der Waals surface area contributed by atoms with Crippen LogP contribution in [0.1, 0.15) is 58.4 Å². The zero-order chi connectivity index (χ0) is 25.2. The molecule has 1 N–H and O–H groups in total. The Balaban J connectivity index is 1.23. The Kier molecular flexibility index (Phi) is 7.20. The number of rotatable bonds is 6. The van der Waals surface area contributed by atoms with E-state index in [1.54, 1.807) is 4.90 Å². The summed E-state index contributed by atoms with van der Waals surface area (Å²) in [5.41, 5.74) is 0.260. The molecule has 0 radical (unpaired) electrons. The highest BCUT2D eigenvalue weighted by Crippen LogP contribution is 2.46. The fourth-order valence-corrected chi connectivity index (χ4v) is 6.39. The van der Waals surface area contributed by atoms with Gasteiger partial charge < -0.3 is 15.0 Å². The lowest BCUT2D eigenvalue weighted by molar-refractivity contribution is -0.154. The molecule has 1 aromatic rings. The molecule has 0 unspecified atom stereocenters. The summed E-state index contributed by atoms with van der Waals surface area (Å²) in [6.45, 7) is 6.69. The van der Waals surface area contributed by atoms with Crippen LogP contribution in [0.5, 0.6) is 0 Å². The van der Waals surface area contributed by atoms with E-state index in [1.165, 1.54) is 5.56 Å². The predicted molar refractivity (Wildman–Crippen MR) is 130 cm³/mol. The molecule has 2 aliphatic heterocycles. The maximum absolute atomic E-state index is 13.2. The third kappa shape index (κ3) is 5.85. The van der Waals surface area contributed by atoms with Gasteiger partial charge in [-0.2, -0.15) is 0 Å². The number of urea groups is 1. The van der Waals surface area contributed by atoms with E-state index in [1.807, 2.05) is 18.2 Å². The molecule has 4 amide bonds. The third-order valence-corrected chi connectivity index (χ3v) is 7.60. The van der Waals surface area contributed by atoms with Gasteiger partial charge in [0.1, 0.15) is 12.1 Å². The zero-order valence-electron chi connectivity index (χ0n) is 21.0. The number of hydrogen-bond donors (Lipinski definition) is 1. The summed E-state index contributed by atoms with van der Waals surface area (Å²) in [5.74, 6) is -0.548. The van der Waals surface area contributed by atoms with E-state index >= 15 is 0 Å². The fraction of sp³-hybridized carbons (Fsp3) is 0.630. The first-order chi connectivity index (χ1) is 16.6. The zero-order valence-corrected chi connectivity index (χ0v) is 21.0. The lowest BCUT2D eigenvalue weighted by Gasteiger charge is -2.43. The molecule has 8 heteroatoms. The van der Waals surface area contributed by atoms with Crippen LogP contribution >= 0.6 is 0 Å². The van der Waals surface area contributed by atoms with Gasteiger partial charge >= 0.3 is 12.0 Å². The number of carbonyl (C=O) groups is 4. The van der Waals surface area contributed by atoms with E-state index in [9.17, 15) is 19.2 Å². The van der Waals surface area contributed by atoms with Crippen molar-refractivity contribution in [2.75, 3.05) is 26.2 Å². The van der Waals surface area contributed by atoms with Crippen molar-refractivity contribution in [3.8, 4) is 0 Å². The van der Waals surface area contributed by atoms with Gasteiger partial charge in [-0.1, -0.05) is 51.1 Å². The normalized spacial score (nSPS) is 26.7. The Labute approximate surface area is 207 Å². The summed E-state index contributed by atoms with van der Waals surface area (Å²) >= 11 is 0. The molecule has 4 rings (SSSR count). The minimum atomic E-state index is -0.960. The van der Waals surface area contributed by atoms with Crippen LogP contribution in [-0.2, 0) is 25.5 Å². The molecule has 190 valence electrons. The molecule has 8 nitrogen and oxygen atoms in total. The minimum absolute atomic E-state index is 0.0852. The van der Waals surface area contributed by atoms with E-state index in [0.29, 0.717) is 31.8 Å². The Bertz CT molecular complexity index is 970. The molecule has 1 aromatic carbocycles. The summed E-state index contributed by atoms with van der Waals surface area (Å²) < 4.78 is 5.17. The molecule has 1 aliphatic carbocycles. The average Bonchev–Trinajstić information content (AvgIpc) is 3.00. The Morgan fingerprint density at radius 2 is 1.77 bits per heavy atom. The number of nitrogens with one attached hydrogen (secondary N) is 1. The first kappa shape index (κ1) is 25.2. The highest BCUT2D eigenvalue weighted by atomic mass is 16.5. The molecule has 1 spiro atoms. The topological polar surface area (TPSA) is 96.0 Å². The van der Waals surface area contributed by atoms with Crippen LogP contribution < -0.4 is 5.32 Å². The Hall–Kier alpha value is -2.90. The number of ether oxygens (including phenoxy) is 1. The molecule has 0 aromatic heterocycles. The summed E-state index contributed by atoms with van der Waals surface area (Å²) in [5, 5.41) is 2.85. The second-order valence-corrected chi connectivity index (χ2v) is 11.4. The third-order valence-electron chi connectivity index (χ3n) is 7.60. The van der Waals surface area contributed by atoms with Crippen LogP contribution in [0.2, 0.25) is 0 Å². The quantitative estimate of drug-likeness (QED) is 0.495. The molecule has 3 fully saturated rings. The van der Waals surface area contributed by atoms with Crippen molar-refractivity contribution in [3.05, 3.63) is 35.9 Å². The maximum atomic E-state index is 13.2. The maximum Gasteiger partial charge on any atom is 0.326 e. The van der Waals surface area contributed by atoms with Crippen molar-refractivity contribution in [3.63, 3.8) is 0 Å². The fourth-order valence-electron chi connectivity index (χ4n) is 6.39. The molecular weight excluding hydrogens is 446 g/mol. The van der Waals surface area contributed by atoms with Gasteiger partial charge in [0.2, 0.25) is 0 Å². The number of hydrogen-bond acceptors (Lipinski definition) is 5. The summed E-state index contributed by atoms with van der Waals surface area (Å²) in [7, 11) is 0. The van der Waals surface area contributed by atoms with Crippen LogP contribution in [0, 0.1) is 17.3 Å². The molecule has 2 atom stereocenters. The largest absolute Gasteiger partial charge is 0.454 e. The van der Waals surface area contributed by atoms with Crippen LogP contribution in [0.15, 0.2) is 30.3 Å². The SMILES string of the molecule is C[C@@H]1CC(C)(C)C[C@@]2(C1)NC(=O)N(CC(=O)OCC(=O)N1CCC(Cc3ccccc3)CC1)C2=O. The number of likely N-dealkylation sites (tertiary alicyclic amines) is 1. The van der Waals surface area contributed by atoms with E-state index in [-0.39, 0.29) is 29.8 Å². The lowest BCUT2D eigenvalue weighted by atomic mass is 9.64. The number of benzene rings is 1. The van der Waals surface area contributed by atoms with Crippen LogP contribution in [0.25, 0.3) is 0 Å². The second-order valence-electron chi connectivity index (χ2n) is 11.4. The lowest BCUT2D eigenvalue weighted by Crippen LogP contribution is -2.54. The van der Waals surface area contributed by atoms with Gasteiger partial charge in [-0.3, -0.25) is 19.3 Å². The number of piperidine rings is 1. The molecule has 2 heterocycles. The van der Waals surface area contributed by atoms with Crippen molar-refractivity contribution in [1.82, 2.24) is 15.1 Å². The van der Waals surface area contributed by atoms with Crippen molar-refractivity contribution < 1.29 is 23.9 Å². The average molecular weight is 484 g/mol. The van der Waals surface area contributed by atoms with E-state index in [0.717, 1.165) is 30.6 Å². The second kappa shape index (κ2) is 9.99. The van der Waals surface area contributed by atoms with Crippen molar-refractivity contribution in [1.29, 1.82) is 0 Å². The number of nitrogens with zero attached hydrogens (tertiary/aromatic N) is 2. The van der Waals surface area contributed by atoms with Gasteiger partial charge in [0.15, 0.2) is 6.61 Å². The van der Waals surface area contributed by atoms with Crippen LogP contribution in [0.3, 0.4) is 0 Å². The Morgan fingerprint density at radius 1 is 1.09 bits per heavy atom. The highest BCUT2D eigenvalue weighted by Gasteiger charge is 2.56. The van der Waals surface area contributed by atoms with Gasteiger partial charge in [0.25, 0.3) is 11.8 Å². The molecule has 3 aliphatic rings. The van der Waals surface area contributed by atoms with E-state index in [4.69, 9.17) is 4.74 Å². The number of carbonyl (C=O) groups excluding carboxylic acids is 4. The Morgan fingerprint density at radius 3 is 2.43 bits per heavy atom. The molecule has 2 saturated heterocycles. The number of esters is 1. The highest BCUT2D eigenvalue weighted by molar-refractivity contribution is 6.08. The van der Waals surface area contributed by atoms with Gasteiger partial charge in [-0.15, -0.1) is 0 Å². The monoisotopic (exact) mass is 483 g/mol. The van der Waals surface area contributed by atoms with Crippen molar-refractivity contribution >= 4 is 23.8 Å². The van der Waals surface area contributed by atoms with E-state index in [2.05, 4.69) is 38.2 Å². The van der Waals surface area contributed by atoms with Crippen LogP contribution in [-0.4, -0.2) is 65.4 Å². The standard InChI is InChI=1S/C27H37N3O5/c1-19-14-26(2,3)18-27(15-19)24(33)30(25(34)28-27)16-23(32)35-17-22(31)29-11-9-21(10-12-29)13-20-7-5-4-6-8-20/h4-8,19,21H,9-18H2,1-3H3,(H,28,34)/t19-,27-/m1/s1. The number of amides is 4. The number of imide groups is 1. The molecule has 1 saturated carbocycles. The first-order valence-electron chi connectivity index (χ1n) is 12.7. The van der Waals surface area contributed by atoms with Crippen molar-refractivity contribution in [2.45, 2.75) is 64.8 Å². The van der Waals surface area contributed by atoms with Gasteiger partial charge in [-0.05, 0) is 61.3 Å². The van der Waals surface area contributed by atoms with Crippen LogP contribution in [0.4, 0.5) is 4.79 Å². The minimum Gasteiger partial charge on any atom is -0.454 e. The van der Waals surface area contributed by atoms with Crippen molar-refractivity contribution in [2.24, 2.45) is 17.3 Å². The summed E-state index contributed by atoms with van der Waals surface area (Å²) in [4.78, 5) is 53.4. The first-order valence-corrected chi connectivity index (χ1v) is 12.7. The summed E-state index contributed by atoms with van der Waals surface area (Å²) in [6.07, 6.45) is 4.90. The molecule has 35 heavy (non-hydrogen) atoms. The smallest absolute Gasteiger partial charge is 0.326 e. The van der Waals surface area contributed by atoms with Gasteiger partial charge in [-0.25, -0.2) is 4.79 Å². The van der Waals surface area contributed by atoms with Gasteiger partial charge in [0, 0.05) is 13.1 Å². The molecule has 0 bridgehead atoms. The van der Waals surface area contributed by atoms with E-state index < -0.39 is 24.1 Å². The van der Waals surface area contributed by atoms with Gasteiger partial charge in [0.05, 0.1) is 0 Å².